The highest BCUT2D eigenvalue weighted by atomic mass is 16.5. The van der Waals surface area contributed by atoms with E-state index in [1.807, 2.05) is 6.07 Å². The van der Waals surface area contributed by atoms with Crippen molar-refractivity contribution in [2.75, 3.05) is 33.9 Å². The highest BCUT2D eigenvalue weighted by Gasteiger charge is 2.31. The maximum atomic E-state index is 6.33. The molecule has 0 radical (unpaired) electrons. The van der Waals surface area contributed by atoms with E-state index in [9.17, 15) is 0 Å². The van der Waals surface area contributed by atoms with Gasteiger partial charge in [0.1, 0.15) is 0 Å². The minimum Gasteiger partial charge on any atom is -0.493 e. The molecule has 1 saturated carbocycles. The summed E-state index contributed by atoms with van der Waals surface area (Å²) in [6, 6.07) is 6.78. The van der Waals surface area contributed by atoms with Crippen molar-refractivity contribution in [3.05, 3.63) is 23.8 Å². The Balaban J connectivity index is 1.52. The van der Waals surface area contributed by atoms with Gasteiger partial charge < -0.3 is 14.2 Å². The second-order valence-corrected chi connectivity index (χ2v) is 6.94. The van der Waals surface area contributed by atoms with Gasteiger partial charge in [-0.25, -0.2) is 0 Å². The van der Waals surface area contributed by atoms with Crippen molar-refractivity contribution in [1.82, 2.24) is 4.90 Å². The minimum atomic E-state index is 0.414. The average Bonchev–Trinajstić information content (AvgIpc) is 3.16. The first-order valence-corrected chi connectivity index (χ1v) is 9.38. The van der Waals surface area contributed by atoms with Gasteiger partial charge in [-0.05, 0) is 62.9 Å². The molecule has 134 valence electrons. The fourth-order valence-electron chi connectivity index (χ4n) is 4.13. The number of nitrogens with zero attached hydrogens (tertiary/aromatic N) is 1. The number of hydrogen-bond donors (Lipinski definition) is 0. The molecule has 0 amide bonds. The van der Waals surface area contributed by atoms with Crippen molar-refractivity contribution in [2.45, 2.75) is 57.1 Å². The monoisotopic (exact) mass is 333 g/mol. The molecule has 4 heteroatoms. The molecular formula is C20H31NO3. The maximum Gasteiger partial charge on any atom is 0.160 e. The Labute approximate surface area is 146 Å². The van der Waals surface area contributed by atoms with Gasteiger partial charge in [0.05, 0.1) is 26.9 Å². The Morgan fingerprint density at radius 1 is 0.958 bits per heavy atom. The third kappa shape index (κ3) is 4.22. The van der Waals surface area contributed by atoms with E-state index in [1.54, 1.807) is 14.2 Å². The van der Waals surface area contributed by atoms with Crippen LogP contribution in [0.25, 0.3) is 0 Å². The van der Waals surface area contributed by atoms with Gasteiger partial charge in [0.2, 0.25) is 0 Å². The second-order valence-electron chi connectivity index (χ2n) is 6.94. The Morgan fingerprint density at radius 2 is 1.71 bits per heavy atom. The van der Waals surface area contributed by atoms with Crippen LogP contribution < -0.4 is 9.47 Å². The molecule has 0 bridgehead atoms. The van der Waals surface area contributed by atoms with Crippen molar-refractivity contribution in [1.29, 1.82) is 0 Å². The van der Waals surface area contributed by atoms with Gasteiger partial charge in [0.25, 0.3) is 0 Å². The molecular weight excluding hydrogens is 302 g/mol. The van der Waals surface area contributed by atoms with Crippen molar-refractivity contribution >= 4 is 0 Å². The fraction of sp³-hybridized carbons (Fsp3) is 0.700. The zero-order valence-electron chi connectivity index (χ0n) is 15.1. The smallest absolute Gasteiger partial charge is 0.160 e. The molecule has 2 atom stereocenters. The van der Waals surface area contributed by atoms with Crippen LogP contribution in [0, 0.1) is 0 Å². The van der Waals surface area contributed by atoms with E-state index in [4.69, 9.17) is 14.2 Å². The summed E-state index contributed by atoms with van der Waals surface area (Å²) in [6.45, 7) is 3.31. The molecule has 1 aliphatic heterocycles. The molecule has 0 spiro atoms. The summed E-state index contributed by atoms with van der Waals surface area (Å²) in [5, 5.41) is 0. The molecule has 4 nitrogen and oxygen atoms in total. The van der Waals surface area contributed by atoms with Crippen molar-refractivity contribution in [3.63, 3.8) is 0 Å². The lowest BCUT2D eigenvalue weighted by Crippen LogP contribution is -2.45. The molecule has 1 aromatic rings. The topological polar surface area (TPSA) is 30.9 Å². The molecule has 24 heavy (non-hydrogen) atoms. The van der Waals surface area contributed by atoms with Gasteiger partial charge in [0, 0.05) is 6.04 Å². The highest BCUT2D eigenvalue weighted by molar-refractivity contribution is 5.42. The third-order valence-electron chi connectivity index (χ3n) is 5.45. The van der Waals surface area contributed by atoms with E-state index in [1.165, 1.54) is 57.2 Å². The zero-order valence-corrected chi connectivity index (χ0v) is 15.1. The lowest BCUT2D eigenvalue weighted by molar-refractivity contribution is -0.0290. The summed E-state index contributed by atoms with van der Waals surface area (Å²) in [5.74, 6) is 1.58. The quantitative estimate of drug-likeness (QED) is 0.762. The van der Waals surface area contributed by atoms with Gasteiger partial charge in [-0.3, -0.25) is 4.90 Å². The average molecular weight is 333 g/mol. The van der Waals surface area contributed by atoms with E-state index in [0.717, 1.165) is 24.5 Å². The first-order chi connectivity index (χ1) is 11.8. The normalized spacial score (nSPS) is 24.9. The van der Waals surface area contributed by atoms with Crippen LogP contribution in [0.3, 0.4) is 0 Å². The van der Waals surface area contributed by atoms with E-state index in [2.05, 4.69) is 17.0 Å². The summed E-state index contributed by atoms with van der Waals surface area (Å²) in [6.07, 6.45) is 9.24. The first kappa shape index (κ1) is 17.6. The SMILES string of the molecule is COc1ccc(CCO[C@H]2CCCC[C@H]2N2CCCC2)cc1OC. The molecule has 1 aromatic carbocycles. The predicted octanol–water partition coefficient (Wildman–Crippen LogP) is 3.67. The zero-order chi connectivity index (χ0) is 16.8. The molecule has 0 unspecified atom stereocenters. The standard InChI is InChI=1S/C20H31NO3/c1-22-19-10-9-16(15-20(19)23-2)11-14-24-18-8-4-3-7-17(18)21-12-5-6-13-21/h9-10,15,17-18H,3-8,11-14H2,1-2H3/t17-,18+/m1/s1. The van der Waals surface area contributed by atoms with Crippen molar-refractivity contribution < 1.29 is 14.2 Å². The largest absolute Gasteiger partial charge is 0.493 e. The molecule has 1 heterocycles. The van der Waals surface area contributed by atoms with Crippen LogP contribution >= 0.6 is 0 Å². The van der Waals surface area contributed by atoms with Crippen LogP contribution in [0.4, 0.5) is 0 Å². The van der Waals surface area contributed by atoms with E-state index < -0.39 is 0 Å². The van der Waals surface area contributed by atoms with Crippen LogP contribution in [0.15, 0.2) is 18.2 Å². The molecule has 2 aliphatic rings. The minimum absolute atomic E-state index is 0.414. The van der Waals surface area contributed by atoms with Crippen LogP contribution in [-0.4, -0.2) is 51.0 Å². The van der Waals surface area contributed by atoms with E-state index in [-0.39, 0.29) is 0 Å². The number of rotatable bonds is 7. The predicted molar refractivity (Wildman–Crippen MR) is 96.1 cm³/mol. The lowest BCUT2D eigenvalue weighted by Gasteiger charge is -2.37. The lowest BCUT2D eigenvalue weighted by atomic mass is 9.91. The Kier molecular flexibility index (Phi) is 6.38. The summed E-state index contributed by atoms with van der Waals surface area (Å²) >= 11 is 0. The van der Waals surface area contributed by atoms with Crippen LogP contribution in [0.1, 0.15) is 44.1 Å². The molecule has 3 rings (SSSR count). The second kappa shape index (κ2) is 8.72. The molecule has 1 saturated heterocycles. The van der Waals surface area contributed by atoms with Gasteiger partial charge >= 0.3 is 0 Å². The molecule has 0 N–H and O–H groups in total. The van der Waals surface area contributed by atoms with Crippen molar-refractivity contribution in [3.8, 4) is 11.5 Å². The number of hydrogen-bond acceptors (Lipinski definition) is 4. The molecule has 0 aromatic heterocycles. The Hall–Kier alpha value is -1.26. The van der Waals surface area contributed by atoms with Crippen molar-refractivity contribution in [2.24, 2.45) is 0 Å². The fourth-order valence-corrected chi connectivity index (χ4v) is 4.13. The van der Waals surface area contributed by atoms with Gasteiger partial charge in [0.15, 0.2) is 11.5 Å². The Morgan fingerprint density at radius 3 is 2.46 bits per heavy atom. The van der Waals surface area contributed by atoms with Crippen LogP contribution in [0.2, 0.25) is 0 Å². The number of benzene rings is 1. The van der Waals surface area contributed by atoms with Crippen LogP contribution in [-0.2, 0) is 11.2 Å². The summed E-state index contributed by atoms with van der Waals surface area (Å²) in [7, 11) is 3.35. The first-order valence-electron chi connectivity index (χ1n) is 9.38. The van der Waals surface area contributed by atoms with Gasteiger partial charge in [-0.15, -0.1) is 0 Å². The molecule has 1 aliphatic carbocycles. The van der Waals surface area contributed by atoms with E-state index in [0.29, 0.717) is 12.1 Å². The van der Waals surface area contributed by atoms with Crippen LogP contribution in [0.5, 0.6) is 11.5 Å². The number of ether oxygens (including phenoxy) is 3. The third-order valence-corrected chi connectivity index (χ3v) is 5.45. The van der Waals surface area contributed by atoms with E-state index >= 15 is 0 Å². The Bertz CT molecular complexity index is 514. The summed E-state index contributed by atoms with van der Waals surface area (Å²) in [4.78, 5) is 2.67. The van der Waals surface area contributed by atoms with Gasteiger partial charge in [-0.2, -0.15) is 0 Å². The highest BCUT2D eigenvalue weighted by Crippen LogP contribution is 2.29. The number of methoxy groups -OCH3 is 2. The molecule has 2 fully saturated rings. The maximum absolute atomic E-state index is 6.33. The summed E-state index contributed by atoms with van der Waals surface area (Å²) in [5.41, 5.74) is 1.24. The summed E-state index contributed by atoms with van der Waals surface area (Å²) < 4.78 is 17.0. The van der Waals surface area contributed by atoms with Gasteiger partial charge in [-0.1, -0.05) is 18.9 Å². The number of likely N-dealkylation sites (tertiary alicyclic amines) is 1.